The molecule has 0 aromatic heterocycles. The number of aliphatic hydroxyl groups excluding tert-OH is 1. The van der Waals surface area contributed by atoms with Crippen LogP contribution >= 0.6 is 0 Å². The fourth-order valence-electron chi connectivity index (χ4n) is 2.26. The van der Waals surface area contributed by atoms with Gasteiger partial charge in [0.1, 0.15) is 5.82 Å². The molecule has 1 heterocycles. The smallest absolute Gasteiger partial charge is 0.125 e. The highest BCUT2D eigenvalue weighted by Crippen LogP contribution is 2.28. The van der Waals surface area contributed by atoms with Gasteiger partial charge in [0.25, 0.3) is 0 Å². The number of β-amino-alcohol motifs (C(OH)–C–C–N with tert-alkyl or cyclic N) is 1. The summed E-state index contributed by atoms with van der Waals surface area (Å²) in [5, 5.41) is 9.85. The Morgan fingerprint density at radius 3 is 3.12 bits per heavy atom. The van der Waals surface area contributed by atoms with E-state index in [9.17, 15) is 9.50 Å². The van der Waals surface area contributed by atoms with Crippen LogP contribution in [0.15, 0.2) is 30.9 Å². The van der Waals surface area contributed by atoms with Gasteiger partial charge in [-0.2, -0.15) is 0 Å². The van der Waals surface area contributed by atoms with Crippen molar-refractivity contribution in [2.24, 2.45) is 0 Å². The van der Waals surface area contributed by atoms with E-state index in [-0.39, 0.29) is 11.9 Å². The minimum absolute atomic E-state index is 0.212. The first-order valence-corrected chi connectivity index (χ1v) is 6.03. The molecular formula is C14H18FNO. The van der Waals surface area contributed by atoms with Crippen molar-refractivity contribution < 1.29 is 9.50 Å². The van der Waals surface area contributed by atoms with Crippen LogP contribution in [0.1, 0.15) is 18.4 Å². The summed E-state index contributed by atoms with van der Waals surface area (Å²) in [7, 11) is 0. The van der Waals surface area contributed by atoms with Crippen LogP contribution in [0.4, 0.5) is 10.1 Å². The van der Waals surface area contributed by atoms with Gasteiger partial charge in [0.2, 0.25) is 0 Å². The summed E-state index contributed by atoms with van der Waals surface area (Å²) in [6, 6.07) is 4.89. The standard InChI is InChI=1S/C14H18FNO/c1-2-3-4-13(17)10-16-8-7-11-5-6-12(15)9-14(11)16/h2,5-6,9,13,17H,1,3-4,7-8,10H2. The molecule has 1 aromatic rings. The highest BCUT2D eigenvalue weighted by atomic mass is 19.1. The first-order valence-electron chi connectivity index (χ1n) is 6.03. The lowest BCUT2D eigenvalue weighted by molar-refractivity contribution is 0.171. The Labute approximate surface area is 101 Å². The average molecular weight is 235 g/mol. The molecule has 3 heteroatoms. The van der Waals surface area contributed by atoms with Gasteiger partial charge < -0.3 is 10.0 Å². The van der Waals surface area contributed by atoms with Gasteiger partial charge in [-0.05, 0) is 37.0 Å². The molecule has 1 unspecified atom stereocenters. The van der Waals surface area contributed by atoms with E-state index < -0.39 is 0 Å². The zero-order valence-corrected chi connectivity index (χ0v) is 9.90. The first kappa shape index (κ1) is 12.1. The molecule has 0 spiro atoms. The lowest BCUT2D eigenvalue weighted by Crippen LogP contribution is -2.30. The molecule has 0 fully saturated rings. The molecule has 0 bridgehead atoms. The summed E-state index contributed by atoms with van der Waals surface area (Å²) >= 11 is 0. The minimum atomic E-state index is -0.373. The van der Waals surface area contributed by atoms with Crippen molar-refractivity contribution in [3.05, 3.63) is 42.2 Å². The molecule has 2 rings (SSSR count). The zero-order valence-electron chi connectivity index (χ0n) is 9.90. The van der Waals surface area contributed by atoms with Crippen LogP contribution in [-0.4, -0.2) is 24.3 Å². The van der Waals surface area contributed by atoms with Gasteiger partial charge in [0.05, 0.1) is 6.10 Å². The van der Waals surface area contributed by atoms with Crippen molar-refractivity contribution in [1.82, 2.24) is 0 Å². The number of allylic oxidation sites excluding steroid dienone is 1. The molecule has 0 saturated carbocycles. The molecule has 0 radical (unpaired) electrons. The second-order valence-electron chi connectivity index (χ2n) is 4.49. The molecule has 17 heavy (non-hydrogen) atoms. The minimum Gasteiger partial charge on any atom is -0.391 e. The quantitative estimate of drug-likeness (QED) is 0.793. The molecule has 1 aliphatic rings. The molecule has 92 valence electrons. The van der Waals surface area contributed by atoms with Gasteiger partial charge in [-0.15, -0.1) is 6.58 Å². The Morgan fingerprint density at radius 1 is 1.53 bits per heavy atom. The van der Waals surface area contributed by atoms with Crippen molar-refractivity contribution >= 4 is 5.69 Å². The Morgan fingerprint density at radius 2 is 2.35 bits per heavy atom. The first-order chi connectivity index (χ1) is 8.20. The number of fused-ring (bicyclic) bond motifs is 1. The second-order valence-corrected chi connectivity index (χ2v) is 4.49. The molecule has 2 nitrogen and oxygen atoms in total. The number of aliphatic hydroxyl groups is 1. The largest absolute Gasteiger partial charge is 0.391 e. The molecule has 1 atom stereocenters. The van der Waals surface area contributed by atoms with Crippen molar-refractivity contribution in [3.8, 4) is 0 Å². The summed E-state index contributed by atoms with van der Waals surface area (Å²) in [6.45, 7) is 5.08. The van der Waals surface area contributed by atoms with Gasteiger partial charge in [-0.1, -0.05) is 12.1 Å². The molecular weight excluding hydrogens is 217 g/mol. The molecule has 1 aromatic carbocycles. The summed E-state index contributed by atoms with van der Waals surface area (Å²) in [5.41, 5.74) is 2.10. The highest BCUT2D eigenvalue weighted by molar-refractivity contribution is 5.58. The second kappa shape index (κ2) is 5.32. The van der Waals surface area contributed by atoms with Crippen LogP contribution in [0, 0.1) is 5.82 Å². The van der Waals surface area contributed by atoms with E-state index in [2.05, 4.69) is 11.5 Å². The van der Waals surface area contributed by atoms with Gasteiger partial charge in [-0.3, -0.25) is 0 Å². The number of anilines is 1. The fraction of sp³-hybridized carbons (Fsp3) is 0.429. The summed E-state index contributed by atoms with van der Waals surface area (Å²) in [4.78, 5) is 2.06. The van der Waals surface area contributed by atoms with E-state index in [1.807, 2.05) is 6.07 Å². The molecule has 1 N–H and O–H groups in total. The maximum atomic E-state index is 13.2. The Bertz CT molecular complexity index is 405. The van der Waals surface area contributed by atoms with E-state index in [4.69, 9.17) is 0 Å². The molecule has 1 aliphatic heterocycles. The van der Waals surface area contributed by atoms with Crippen LogP contribution in [0.2, 0.25) is 0 Å². The van der Waals surface area contributed by atoms with Gasteiger partial charge in [0, 0.05) is 18.8 Å². The monoisotopic (exact) mass is 235 g/mol. The van der Waals surface area contributed by atoms with E-state index in [1.54, 1.807) is 12.1 Å². The summed E-state index contributed by atoms with van der Waals surface area (Å²) < 4.78 is 13.2. The predicted octanol–water partition coefficient (Wildman–Crippen LogP) is 2.52. The Balaban J connectivity index is 2.01. The van der Waals surface area contributed by atoms with E-state index in [1.165, 1.54) is 11.6 Å². The third-order valence-electron chi connectivity index (χ3n) is 3.17. The van der Waals surface area contributed by atoms with Crippen molar-refractivity contribution in [1.29, 1.82) is 0 Å². The predicted molar refractivity (Wildman–Crippen MR) is 67.8 cm³/mol. The number of hydrogen-bond acceptors (Lipinski definition) is 2. The fourth-order valence-corrected chi connectivity index (χ4v) is 2.26. The molecule has 0 saturated heterocycles. The lowest BCUT2D eigenvalue weighted by Gasteiger charge is -2.22. The van der Waals surface area contributed by atoms with E-state index in [0.29, 0.717) is 13.0 Å². The average Bonchev–Trinajstić information content (AvgIpc) is 2.69. The van der Waals surface area contributed by atoms with Crippen LogP contribution < -0.4 is 4.90 Å². The van der Waals surface area contributed by atoms with Gasteiger partial charge >= 0.3 is 0 Å². The summed E-state index contributed by atoms with van der Waals surface area (Å²) in [5.74, 6) is -0.212. The van der Waals surface area contributed by atoms with E-state index >= 15 is 0 Å². The third kappa shape index (κ3) is 2.86. The van der Waals surface area contributed by atoms with Gasteiger partial charge in [0.15, 0.2) is 0 Å². The van der Waals surface area contributed by atoms with Crippen LogP contribution in [-0.2, 0) is 6.42 Å². The number of hydrogen-bond donors (Lipinski definition) is 1. The summed E-state index contributed by atoms with van der Waals surface area (Å²) in [6.07, 6.45) is 3.89. The van der Waals surface area contributed by atoms with Gasteiger partial charge in [-0.25, -0.2) is 4.39 Å². The number of nitrogens with zero attached hydrogens (tertiary/aromatic N) is 1. The third-order valence-corrected chi connectivity index (χ3v) is 3.17. The number of benzene rings is 1. The normalized spacial score (nSPS) is 15.8. The van der Waals surface area contributed by atoms with Crippen molar-refractivity contribution in [3.63, 3.8) is 0 Å². The topological polar surface area (TPSA) is 23.5 Å². The SMILES string of the molecule is C=CCCC(O)CN1CCc2ccc(F)cc21. The molecule has 0 amide bonds. The maximum Gasteiger partial charge on any atom is 0.125 e. The Hall–Kier alpha value is -1.35. The maximum absolute atomic E-state index is 13.2. The molecule has 0 aliphatic carbocycles. The number of halogens is 1. The van der Waals surface area contributed by atoms with Crippen LogP contribution in [0.25, 0.3) is 0 Å². The highest BCUT2D eigenvalue weighted by Gasteiger charge is 2.21. The zero-order chi connectivity index (χ0) is 12.3. The lowest BCUT2D eigenvalue weighted by atomic mass is 10.1. The van der Waals surface area contributed by atoms with Crippen molar-refractivity contribution in [2.75, 3.05) is 18.0 Å². The number of rotatable bonds is 5. The van der Waals surface area contributed by atoms with Crippen LogP contribution in [0.3, 0.4) is 0 Å². The van der Waals surface area contributed by atoms with E-state index in [0.717, 1.165) is 25.1 Å². The Kier molecular flexibility index (Phi) is 3.79. The van der Waals surface area contributed by atoms with Crippen LogP contribution in [0.5, 0.6) is 0 Å². The van der Waals surface area contributed by atoms with Crippen molar-refractivity contribution in [2.45, 2.75) is 25.4 Å².